The van der Waals surface area contributed by atoms with Crippen LogP contribution in [0, 0.1) is 5.41 Å². The fraction of sp³-hybridized carbons (Fsp3) is 0.308. The van der Waals surface area contributed by atoms with Gasteiger partial charge < -0.3 is 4.98 Å². The van der Waals surface area contributed by atoms with Crippen LogP contribution in [0.4, 0.5) is 0 Å². The highest BCUT2D eigenvalue weighted by Crippen LogP contribution is 2.42. The number of allylic oxidation sites excluding steroid dienone is 3. The monoisotopic (exact) mass is 201 g/mol. The number of carbonyl (C=O) groups excluding carboxylic acids is 1. The molecule has 1 aliphatic rings. The number of rotatable bonds is 1. The molecule has 2 rings (SSSR count). The summed E-state index contributed by atoms with van der Waals surface area (Å²) in [6.07, 6.45) is 4.31. The van der Waals surface area contributed by atoms with E-state index in [-0.39, 0.29) is 11.2 Å². The molecule has 1 aromatic heterocycles. The predicted molar refractivity (Wildman–Crippen MR) is 61.3 cm³/mol. The van der Waals surface area contributed by atoms with E-state index in [4.69, 9.17) is 0 Å². The molecule has 0 aliphatic heterocycles. The lowest BCUT2D eigenvalue weighted by Gasteiger charge is -2.31. The van der Waals surface area contributed by atoms with E-state index in [2.05, 4.69) is 25.4 Å². The number of nitrogens with one attached hydrogen (secondary N) is 1. The van der Waals surface area contributed by atoms with Crippen LogP contribution in [0.15, 0.2) is 36.6 Å². The van der Waals surface area contributed by atoms with E-state index in [1.807, 2.05) is 18.3 Å². The molecule has 15 heavy (non-hydrogen) atoms. The number of hydrogen-bond acceptors (Lipinski definition) is 1. The Balaban J connectivity index is 2.50. The van der Waals surface area contributed by atoms with Crippen LogP contribution >= 0.6 is 0 Å². The van der Waals surface area contributed by atoms with Gasteiger partial charge in [-0.05, 0) is 41.2 Å². The van der Waals surface area contributed by atoms with Crippen LogP contribution in [0.25, 0.3) is 5.57 Å². The predicted octanol–water partition coefficient (Wildman–Crippen LogP) is 2.95. The van der Waals surface area contributed by atoms with Gasteiger partial charge in [-0.25, -0.2) is 0 Å². The molecule has 1 aromatic rings. The molecule has 0 atom stereocenters. The molecule has 1 heterocycles. The molecule has 0 bridgehead atoms. The van der Waals surface area contributed by atoms with Crippen molar-refractivity contribution in [2.45, 2.75) is 20.3 Å². The summed E-state index contributed by atoms with van der Waals surface area (Å²) in [4.78, 5) is 14.7. The van der Waals surface area contributed by atoms with E-state index >= 15 is 0 Å². The molecular weight excluding hydrogens is 186 g/mol. The van der Waals surface area contributed by atoms with Gasteiger partial charge in [0.1, 0.15) is 0 Å². The lowest BCUT2D eigenvalue weighted by molar-refractivity contribution is -0.111. The molecule has 1 aliphatic carbocycles. The Morgan fingerprint density at radius 2 is 2.20 bits per heavy atom. The largest absolute Gasteiger partial charge is 0.361 e. The van der Waals surface area contributed by atoms with Crippen molar-refractivity contribution in [1.29, 1.82) is 0 Å². The van der Waals surface area contributed by atoms with Crippen molar-refractivity contribution in [1.82, 2.24) is 4.98 Å². The van der Waals surface area contributed by atoms with Gasteiger partial charge in [-0.3, -0.25) is 4.79 Å². The summed E-state index contributed by atoms with van der Waals surface area (Å²) < 4.78 is 0. The molecule has 0 amide bonds. The molecule has 0 fully saturated rings. The molecule has 78 valence electrons. The molecule has 2 nitrogen and oxygen atoms in total. The van der Waals surface area contributed by atoms with Gasteiger partial charge in [0.2, 0.25) is 0 Å². The zero-order valence-corrected chi connectivity index (χ0v) is 9.13. The Hall–Kier alpha value is -1.57. The fourth-order valence-corrected chi connectivity index (χ4v) is 2.08. The molecule has 0 aromatic carbocycles. The average Bonchev–Trinajstić information content (AvgIpc) is 2.63. The molecular formula is C13H15NO. The van der Waals surface area contributed by atoms with Gasteiger partial charge in [-0.1, -0.05) is 20.4 Å². The summed E-state index contributed by atoms with van der Waals surface area (Å²) in [6, 6.07) is 3.94. The minimum atomic E-state index is -0.0180. The second-order valence-electron chi connectivity index (χ2n) is 4.67. The Morgan fingerprint density at radius 3 is 2.80 bits per heavy atom. The summed E-state index contributed by atoms with van der Waals surface area (Å²) in [5.41, 5.74) is 2.79. The van der Waals surface area contributed by atoms with Crippen LogP contribution in [0.2, 0.25) is 0 Å². The van der Waals surface area contributed by atoms with E-state index in [1.165, 1.54) is 0 Å². The molecule has 0 unspecified atom stereocenters. The third-order valence-corrected chi connectivity index (χ3v) is 2.90. The van der Waals surface area contributed by atoms with E-state index < -0.39 is 0 Å². The lowest BCUT2D eigenvalue weighted by atomic mass is 9.72. The first-order chi connectivity index (χ1) is 7.00. The molecule has 2 heteroatoms. The normalized spacial score (nSPS) is 20.3. The van der Waals surface area contributed by atoms with Gasteiger partial charge >= 0.3 is 0 Å². The molecule has 1 N–H and O–H groups in total. The zero-order valence-electron chi connectivity index (χ0n) is 9.13. The van der Waals surface area contributed by atoms with Crippen molar-refractivity contribution in [3.8, 4) is 0 Å². The third-order valence-electron chi connectivity index (χ3n) is 2.90. The lowest BCUT2D eigenvalue weighted by Crippen LogP contribution is -2.22. The Bertz CT molecular complexity index is 435. The van der Waals surface area contributed by atoms with Crippen molar-refractivity contribution < 1.29 is 4.79 Å². The van der Waals surface area contributed by atoms with E-state index in [1.54, 1.807) is 6.08 Å². The van der Waals surface area contributed by atoms with Crippen molar-refractivity contribution in [3.63, 3.8) is 0 Å². The quantitative estimate of drug-likeness (QED) is 0.696. The molecule has 0 saturated carbocycles. The standard InChI is InChI=1S/C13H15NO/c1-9-8-13(2,3)10(7-12(9)15)11-5-4-6-14-11/h4-7,14H,1,8H2,2-3H3. The first-order valence-electron chi connectivity index (χ1n) is 5.09. The van der Waals surface area contributed by atoms with Crippen molar-refractivity contribution in [2.75, 3.05) is 0 Å². The number of aromatic amines is 1. The summed E-state index contributed by atoms with van der Waals surface area (Å²) in [5.74, 6) is 0.0546. The van der Waals surface area contributed by atoms with E-state index in [0.717, 1.165) is 17.7 Å². The highest BCUT2D eigenvalue weighted by atomic mass is 16.1. The summed E-state index contributed by atoms with van der Waals surface area (Å²) >= 11 is 0. The van der Waals surface area contributed by atoms with Crippen molar-refractivity contribution in [3.05, 3.63) is 42.3 Å². The van der Waals surface area contributed by atoms with Gasteiger partial charge in [0, 0.05) is 11.9 Å². The number of H-pyrrole nitrogens is 1. The van der Waals surface area contributed by atoms with Gasteiger partial charge in [0.25, 0.3) is 0 Å². The van der Waals surface area contributed by atoms with Crippen LogP contribution in [-0.4, -0.2) is 10.8 Å². The van der Waals surface area contributed by atoms with E-state index in [0.29, 0.717) is 5.57 Å². The Kier molecular flexibility index (Phi) is 2.14. The van der Waals surface area contributed by atoms with Crippen LogP contribution in [0.1, 0.15) is 26.0 Å². The zero-order chi connectivity index (χ0) is 11.1. The minimum Gasteiger partial charge on any atom is -0.361 e. The second-order valence-corrected chi connectivity index (χ2v) is 4.67. The number of ketones is 1. The van der Waals surface area contributed by atoms with Crippen LogP contribution in [0.5, 0.6) is 0 Å². The third kappa shape index (κ3) is 1.67. The van der Waals surface area contributed by atoms with Crippen LogP contribution in [-0.2, 0) is 4.79 Å². The van der Waals surface area contributed by atoms with E-state index in [9.17, 15) is 4.79 Å². The minimum absolute atomic E-state index is 0.0180. The Labute approximate surface area is 89.7 Å². The summed E-state index contributed by atoms with van der Waals surface area (Å²) in [7, 11) is 0. The molecule has 0 saturated heterocycles. The summed E-state index contributed by atoms with van der Waals surface area (Å²) in [5, 5.41) is 0. The van der Waals surface area contributed by atoms with Crippen LogP contribution < -0.4 is 0 Å². The maximum absolute atomic E-state index is 11.6. The smallest absolute Gasteiger partial charge is 0.181 e. The average molecular weight is 201 g/mol. The number of hydrogen-bond donors (Lipinski definition) is 1. The van der Waals surface area contributed by atoms with Gasteiger partial charge in [-0.2, -0.15) is 0 Å². The van der Waals surface area contributed by atoms with Gasteiger partial charge in [-0.15, -0.1) is 0 Å². The first kappa shape index (κ1) is 9.97. The maximum atomic E-state index is 11.6. The topological polar surface area (TPSA) is 32.9 Å². The van der Waals surface area contributed by atoms with Crippen molar-refractivity contribution in [2.24, 2.45) is 5.41 Å². The second kappa shape index (κ2) is 3.23. The SMILES string of the molecule is C=C1CC(C)(C)C(c2ccc[nH]2)=CC1=O. The number of aromatic nitrogens is 1. The first-order valence-corrected chi connectivity index (χ1v) is 5.09. The van der Waals surface area contributed by atoms with Gasteiger partial charge in [0.15, 0.2) is 5.78 Å². The molecule has 0 radical (unpaired) electrons. The fourth-order valence-electron chi connectivity index (χ4n) is 2.08. The van der Waals surface area contributed by atoms with Crippen LogP contribution in [0.3, 0.4) is 0 Å². The number of carbonyl (C=O) groups is 1. The summed E-state index contributed by atoms with van der Waals surface area (Å²) in [6.45, 7) is 8.07. The highest BCUT2D eigenvalue weighted by Gasteiger charge is 2.32. The van der Waals surface area contributed by atoms with Gasteiger partial charge in [0.05, 0.1) is 0 Å². The maximum Gasteiger partial charge on any atom is 0.181 e. The highest BCUT2D eigenvalue weighted by molar-refractivity contribution is 6.10. The Morgan fingerprint density at radius 1 is 1.47 bits per heavy atom. The molecule has 0 spiro atoms. The van der Waals surface area contributed by atoms with Crippen molar-refractivity contribution >= 4 is 11.4 Å².